The maximum atomic E-state index is 13.3. The molecule has 0 aliphatic rings. The molecule has 0 bridgehead atoms. The Balaban J connectivity index is 2.38. The summed E-state index contributed by atoms with van der Waals surface area (Å²) in [5, 5.41) is 2.82. The minimum Gasteiger partial charge on any atom is -0.322 e. The number of carbonyl (C=O) groups is 1. The first-order chi connectivity index (χ1) is 10.7. The van der Waals surface area contributed by atoms with E-state index in [0.717, 1.165) is 6.26 Å². The minimum absolute atomic E-state index is 0.0339. The number of benzene rings is 2. The van der Waals surface area contributed by atoms with Gasteiger partial charge in [-0.1, -0.05) is 17.7 Å². The fourth-order valence-electron chi connectivity index (χ4n) is 1.91. The van der Waals surface area contributed by atoms with Crippen LogP contribution in [-0.2, 0) is 10.0 Å². The normalized spacial score (nSPS) is 11.1. The smallest absolute Gasteiger partial charge is 0.257 e. The molecule has 2 rings (SSSR count). The molecule has 5 nitrogen and oxygen atoms in total. The fraction of sp³-hybridized carbons (Fsp3) is 0.133. The first-order valence-corrected chi connectivity index (χ1v) is 8.77. The van der Waals surface area contributed by atoms with E-state index < -0.39 is 21.7 Å². The summed E-state index contributed by atoms with van der Waals surface area (Å²) in [5.74, 6) is -1.10. The van der Waals surface area contributed by atoms with Crippen molar-refractivity contribution in [3.63, 3.8) is 0 Å². The summed E-state index contributed by atoms with van der Waals surface area (Å²) in [6.07, 6.45) is 0.972. The van der Waals surface area contributed by atoms with Gasteiger partial charge in [-0.25, -0.2) is 12.8 Å². The van der Waals surface area contributed by atoms with Crippen LogP contribution in [0.25, 0.3) is 0 Å². The molecule has 0 fully saturated rings. The zero-order valence-corrected chi connectivity index (χ0v) is 13.9. The molecule has 0 spiro atoms. The molecular weight excluding hydrogens is 343 g/mol. The molecule has 0 aromatic heterocycles. The van der Waals surface area contributed by atoms with Crippen molar-refractivity contribution >= 4 is 38.9 Å². The van der Waals surface area contributed by atoms with Crippen molar-refractivity contribution in [2.45, 2.75) is 6.92 Å². The Kier molecular flexibility index (Phi) is 4.91. The third kappa shape index (κ3) is 4.67. The first-order valence-electron chi connectivity index (χ1n) is 6.50. The van der Waals surface area contributed by atoms with Crippen LogP contribution in [0, 0.1) is 12.7 Å². The Morgan fingerprint density at radius 3 is 2.48 bits per heavy atom. The molecule has 1 amide bonds. The molecule has 0 radical (unpaired) electrons. The van der Waals surface area contributed by atoms with E-state index in [0.29, 0.717) is 11.3 Å². The summed E-state index contributed by atoms with van der Waals surface area (Å²) in [5.41, 5.74) is 1.08. The average Bonchev–Trinajstić information content (AvgIpc) is 2.43. The van der Waals surface area contributed by atoms with Crippen molar-refractivity contribution in [2.75, 3.05) is 16.3 Å². The second kappa shape index (κ2) is 6.55. The van der Waals surface area contributed by atoms with Crippen LogP contribution in [-0.4, -0.2) is 20.6 Å². The Hall–Kier alpha value is -2.12. The van der Waals surface area contributed by atoms with E-state index in [-0.39, 0.29) is 16.3 Å². The van der Waals surface area contributed by atoms with Crippen molar-refractivity contribution in [3.05, 3.63) is 58.4 Å². The maximum Gasteiger partial charge on any atom is 0.257 e. The summed E-state index contributed by atoms with van der Waals surface area (Å²) in [4.78, 5) is 12.4. The van der Waals surface area contributed by atoms with E-state index in [9.17, 15) is 17.6 Å². The zero-order valence-electron chi connectivity index (χ0n) is 12.4. The van der Waals surface area contributed by atoms with Gasteiger partial charge in [-0.15, -0.1) is 0 Å². The Labute approximate surface area is 138 Å². The Morgan fingerprint density at radius 1 is 1.13 bits per heavy atom. The highest BCUT2D eigenvalue weighted by Gasteiger charge is 2.16. The first kappa shape index (κ1) is 17.2. The van der Waals surface area contributed by atoms with Crippen molar-refractivity contribution in [3.8, 4) is 0 Å². The molecule has 0 atom stereocenters. The summed E-state index contributed by atoms with van der Waals surface area (Å²) in [6.45, 7) is 1.71. The molecule has 0 saturated heterocycles. The van der Waals surface area contributed by atoms with Crippen LogP contribution in [0.2, 0.25) is 5.02 Å². The number of rotatable bonds is 4. The number of hydrogen-bond acceptors (Lipinski definition) is 3. The van der Waals surface area contributed by atoms with Crippen LogP contribution in [0.5, 0.6) is 0 Å². The van der Waals surface area contributed by atoms with Crippen LogP contribution in [0.4, 0.5) is 15.8 Å². The van der Waals surface area contributed by atoms with Gasteiger partial charge >= 0.3 is 0 Å². The molecule has 0 aliphatic carbocycles. The molecule has 2 aromatic carbocycles. The number of anilines is 2. The molecule has 0 aliphatic heterocycles. The van der Waals surface area contributed by atoms with Crippen LogP contribution < -0.4 is 10.0 Å². The molecule has 23 heavy (non-hydrogen) atoms. The third-order valence-electron chi connectivity index (χ3n) is 2.97. The summed E-state index contributed by atoms with van der Waals surface area (Å²) in [7, 11) is -3.57. The van der Waals surface area contributed by atoms with E-state index in [1.807, 2.05) is 0 Å². The van der Waals surface area contributed by atoms with E-state index in [2.05, 4.69) is 10.0 Å². The molecular formula is C15H14ClFN2O3S. The molecule has 2 N–H and O–H groups in total. The van der Waals surface area contributed by atoms with Gasteiger partial charge in [-0.05, 0) is 42.8 Å². The summed E-state index contributed by atoms with van der Waals surface area (Å²) < 4.78 is 38.3. The summed E-state index contributed by atoms with van der Waals surface area (Å²) >= 11 is 5.87. The monoisotopic (exact) mass is 356 g/mol. The predicted molar refractivity (Wildman–Crippen MR) is 89.0 cm³/mol. The van der Waals surface area contributed by atoms with Crippen molar-refractivity contribution in [1.82, 2.24) is 0 Å². The van der Waals surface area contributed by atoms with Crippen LogP contribution in [0.15, 0.2) is 36.4 Å². The molecule has 8 heteroatoms. The molecule has 0 saturated carbocycles. The highest BCUT2D eigenvalue weighted by molar-refractivity contribution is 7.92. The topological polar surface area (TPSA) is 75.3 Å². The van der Waals surface area contributed by atoms with Gasteiger partial charge in [0.2, 0.25) is 10.0 Å². The average molecular weight is 357 g/mol. The Bertz CT molecular complexity index is 869. The van der Waals surface area contributed by atoms with Crippen molar-refractivity contribution < 1.29 is 17.6 Å². The van der Waals surface area contributed by atoms with E-state index >= 15 is 0 Å². The number of nitrogens with one attached hydrogen (secondary N) is 2. The van der Waals surface area contributed by atoms with Gasteiger partial charge in [-0.2, -0.15) is 0 Å². The lowest BCUT2D eigenvalue weighted by atomic mass is 10.1. The lowest BCUT2D eigenvalue weighted by Gasteiger charge is -2.13. The number of halogens is 2. The standard InChI is InChI=1S/C15H14ClFN2O3S/c1-9-3-5-11(17)8-14(9)18-15(20)12-7-10(16)4-6-13(12)19-23(2,21)22/h3-8,19H,1-2H3,(H,18,20). The van der Waals surface area contributed by atoms with Gasteiger partial charge in [0, 0.05) is 10.7 Å². The molecule has 0 unspecified atom stereocenters. The van der Waals surface area contributed by atoms with Crippen LogP contribution in [0.3, 0.4) is 0 Å². The predicted octanol–water partition coefficient (Wildman–Crippen LogP) is 3.41. The highest BCUT2D eigenvalue weighted by Crippen LogP contribution is 2.24. The van der Waals surface area contributed by atoms with Gasteiger partial charge in [0.05, 0.1) is 17.5 Å². The second-order valence-electron chi connectivity index (χ2n) is 4.98. The van der Waals surface area contributed by atoms with E-state index in [4.69, 9.17) is 11.6 Å². The van der Waals surface area contributed by atoms with Crippen LogP contribution in [0.1, 0.15) is 15.9 Å². The van der Waals surface area contributed by atoms with Crippen LogP contribution >= 0.6 is 11.6 Å². The minimum atomic E-state index is -3.57. The zero-order chi connectivity index (χ0) is 17.2. The fourth-order valence-corrected chi connectivity index (χ4v) is 2.66. The number of sulfonamides is 1. The van der Waals surface area contributed by atoms with E-state index in [1.165, 1.54) is 36.4 Å². The van der Waals surface area contributed by atoms with Gasteiger partial charge in [0.15, 0.2) is 0 Å². The number of amides is 1. The van der Waals surface area contributed by atoms with E-state index in [1.54, 1.807) is 6.92 Å². The third-order valence-corrected chi connectivity index (χ3v) is 3.80. The molecule has 122 valence electrons. The quantitative estimate of drug-likeness (QED) is 0.881. The molecule has 2 aromatic rings. The second-order valence-corrected chi connectivity index (χ2v) is 7.16. The lowest BCUT2D eigenvalue weighted by Crippen LogP contribution is -2.18. The number of hydrogen-bond donors (Lipinski definition) is 2. The Morgan fingerprint density at radius 2 is 1.83 bits per heavy atom. The molecule has 0 heterocycles. The van der Waals surface area contributed by atoms with Gasteiger partial charge < -0.3 is 5.32 Å². The lowest BCUT2D eigenvalue weighted by molar-refractivity contribution is 0.102. The maximum absolute atomic E-state index is 13.3. The number of carbonyl (C=O) groups excluding carboxylic acids is 1. The SMILES string of the molecule is Cc1ccc(F)cc1NC(=O)c1cc(Cl)ccc1NS(C)(=O)=O. The van der Waals surface area contributed by atoms with Crippen molar-refractivity contribution in [1.29, 1.82) is 0 Å². The van der Waals surface area contributed by atoms with Gasteiger partial charge in [0.25, 0.3) is 5.91 Å². The summed E-state index contributed by atoms with van der Waals surface area (Å²) in [6, 6.07) is 8.16. The van der Waals surface area contributed by atoms with Gasteiger partial charge in [-0.3, -0.25) is 9.52 Å². The van der Waals surface area contributed by atoms with Gasteiger partial charge in [0.1, 0.15) is 5.82 Å². The van der Waals surface area contributed by atoms with Crippen molar-refractivity contribution in [2.24, 2.45) is 0 Å². The largest absolute Gasteiger partial charge is 0.322 e. The highest BCUT2D eigenvalue weighted by atomic mass is 35.5. The number of aryl methyl sites for hydroxylation is 1.